The molecule has 0 fully saturated rings. The number of hydrogen-bond donors (Lipinski definition) is 1. The van der Waals surface area contributed by atoms with Gasteiger partial charge in [-0.2, -0.15) is 0 Å². The fraction of sp³-hybridized carbons (Fsp3) is 0.231. The van der Waals surface area contributed by atoms with E-state index in [1.54, 1.807) is 29.7 Å². The van der Waals surface area contributed by atoms with Gasteiger partial charge in [0, 0.05) is 18.5 Å². The molecule has 98 valence electrons. The average molecular weight is 292 g/mol. The van der Waals surface area contributed by atoms with Gasteiger partial charge in [-0.25, -0.2) is 4.98 Å². The first-order chi connectivity index (χ1) is 9.19. The maximum atomic E-state index is 11.3. The van der Waals surface area contributed by atoms with Crippen molar-refractivity contribution in [3.05, 3.63) is 22.5 Å². The zero-order valence-electron chi connectivity index (χ0n) is 10.5. The van der Waals surface area contributed by atoms with Gasteiger partial charge in [-0.3, -0.25) is 4.79 Å². The number of thiophene rings is 1. The highest BCUT2D eigenvalue weighted by Gasteiger charge is 2.13. The lowest BCUT2D eigenvalue weighted by molar-refractivity contribution is -0.122. The molecule has 2 aromatic heterocycles. The molecule has 0 saturated carbocycles. The number of nitrogens with zero attached hydrogens (tertiary/aromatic N) is 1. The average Bonchev–Trinajstić information content (AvgIpc) is 3.00. The van der Waals surface area contributed by atoms with Crippen LogP contribution in [0.25, 0.3) is 20.3 Å². The second kappa shape index (κ2) is 4.79. The summed E-state index contributed by atoms with van der Waals surface area (Å²) in [6.45, 7) is 2.03. The SMILES string of the molecule is CNC(=O)COc1cc2sc(C)nc2c2sccc12. The summed E-state index contributed by atoms with van der Waals surface area (Å²) < 4.78 is 7.84. The second-order valence-corrected chi connectivity index (χ2v) is 6.23. The lowest BCUT2D eigenvalue weighted by atomic mass is 10.2. The Kier molecular flexibility index (Phi) is 3.12. The number of fused-ring (bicyclic) bond motifs is 3. The maximum absolute atomic E-state index is 11.3. The molecule has 0 unspecified atom stereocenters. The molecule has 1 amide bonds. The molecule has 2 heterocycles. The predicted molar refractivity (Wildman–Crippen MR) is 79.3 cm³/mol. The topological polar surface area (TPSA) is 51.2 Å². The van der Waals surface area contributed by atoms with Crippen molar-refractivity contribution in [2.24, 2.45) is 0 Å². The molecule has 1 N–H and O–H groups in total. The first-order valence-corrected chi connectivity index (χ1v) is 7.49. The fourth-order valence-corrected chi connectivity index (χ4v) is 3.75. The highest BCUT2D eigenvalue weighted by atomic mass is 32.1. The molecular formula is C13H12N2O2S2. The molecule has 6 heteroatoms. The number of aryl methyl sites for hydroxylation is 1. The summed E-state index contributed by atoms with van der Waals surface area (Å²) in [5.41, 5.74) is 1.03. The van der Waals surface area contributed by atoms with E-state index in [4.69, 9.17) is 4.74 Å². The minimum absolute atomic E-state index is 0.0325. The number of ether oxygens (including phenoxy) is 1. The van der Waals surface area contributed by atoms with Gasteiger partial charge in [-0.15, -0.1) is 22.7 Å². The van der Waals surface area contributed by atoms with E-state index in [1.807, 2.05) is 24.4 Å². The van der Waals surface area contributed by atoms with Crippen molar-refractivity contribution < 1.29 is 9.53 Å². The van der Waals surface area contributed by atoms with Crippen LogP contribution in [-0.2, 0) is 4.79 Å². The Morgan fingerprint density at radius 3 is 3.16 bits per heavy atom. The Morgan fingerprint density at radius 1 is 1.53 bits per heavy atom. The van der Waals surface area contributed by atoms with Crippen molar-refractivity contribution >= 4 is 48.9 Å². The smallest absolute Gasteiger partial charge is 0.257 e. The van der Waals surface area contributed by atoms with Crippen molar-refractivity contribution in [3.8, 4) is 5.75 Å². The van der Waals surface area contributed by atoms with Crippen LogP contribution in [0.2, 0.25) is 0 Å². The molecule has 0 aliphatic rings. The zero-order chi connectivity index (χ0) is 13.4. The van der Waals surface area contributed by atoms with Crippen molar-refractivity contribution in [1.82, 2.24) is 10.3 Å². The normalized spacial score (nSPS) is 11.1. The Hall–Kier alpha value is -1.66. The molecule has 4 nitrogen and oxygen atoms in total. The number of benzene rings is 1. The molecule has 3 aromatic rings. The zero-order valence-corrected chi connectivity index (χ0v) is 12.2. The van der Waals surface area contributed by atoms with E-state index < -0.39 is 0 Å². The third-order valence-electron chi connectivity index (χ3n) is 2.81. The summed E-state index contributed by atoms with van der Waals surface area (Å²) >= 11 is 3.29. The first kappa shape index (κ1) is 12.4. The molecule has 0 aliphatic carbocycles. The van der Waals surface area contributed by atoms with Crippen LogP contribution in [0, 0.1) is 6.92 Å². The highest BCUT2D eigenvalue weighted by molar-refractivity contribution is 7.21. The molecule has 0 aliphatic heterocycles. The van der Waals surface area contributed by atoms with Gasteiger partial charge >= 0.3 is 0 Å². The number of nitrogens with one attached hydrogen (secondary N) is 1. The van der Waals surface area contributed by atoms with Crippen LogP contribution in [0.1, 0.15) is 5.01 Å². The molecule has 0 saturated heterocycles. The molecule has 19 heavy (non-hydrogen) atoms. The number of hydrogen-bond acceptors (Lipinski definition) is 5. The van der Waals surface area contributed by atoms with E-state index in [-0.39, 0.29) is 12.5 Å². The summed E-state index contributed by atoms with van der Waals surface area (Å²) in [4.78, 5) is 15.8. The number of carbonyl (C=O) groups excluding carboxylic acids is 1. The van der Waals surface area contributed by atoms with Crippen LogP contribution in [0.5, 0.6) is 5.75 Å². The van der Waals surface area contributed by atoms with E-state index in [9.17, 15) is 4.79 Å². The Morgan fingerprint density at radius 2 is 2.37 bits per heavy atom. The van der Waals surface area contributed by atoms with Gasteiger partial charge in [0.1, 0.15) is 5.75 Å². The fourth-order valence-electron chi connectivity index (χ4n) is 1.92. The van der Waals surface area contributed by atoms with Crippen LogP contribution in [0.3, 0.4) is 0 Å². The Bertz CT molecular complexity index is 761. The van der Waals surface area contributed by atoms with Crippen molar-refractivity contribution in [3.63, 3.8) is 0 Å². The number of likely N-dealkylation sites (N-methyl/N-ethyl adjacent to an activating group) is 1. The van der Waals surface area contributed by atoms with Crippen molar-refractivity contribution in [2.75, 3.05) is 13.7 Å². The molecule has 1 aromatic carbocycles. The van der Waals surface area contributed by atoms with E-state index in [0.29, 0.717) is 0 Å². The predicted octanol–water partition coefficient (Wildman–Crippen LogP) is 2.94. The van der Waals surface area contributed by atoms with Crippen molar-refractivity contribution in [2.45, 2.75) is 6.92 Å². The van der Waals surface area contributed by atoms with Gasteiger partial charge in [0.15, 0.2) is 6.61 Å². The molecule has 0 bridgehead atoms. The minimum atomic E-state index is -0.135. The molecule has 0 spiro atoms. The number of amides is 1. The monoisotopic (exact) mass is 292 g/mol. The van der Waals surface area contributed by atoms with Crippen LogP contribution < -0.4 is 10.1 Å². The van der Waals surface area contributed by atoms with Gasteiger partial charge in [-0.1, -0.05) is 0 Å². The largest absolute Gasteiger partial charge is 0.483 e. The summed E-state index contributed by atoms with van der Waals surface area (Å²) in [5.74, 6) is 0.611. The van der Waals surface area contributed by atoms with Crippen molar-refractivity contribution in [1.29, 1.82) is 0 Å². The summed E-state index contributed by atoms with van der Waals surface area (Å²) in [6, 6.07) is 3.98. The summed E-state index contributed by atoms with van der Waals surface area (Å²) in [5, 5.41) is 6.62. The van der Waals surface area contributed by atoms with E-state index in [2.05, 4.69) is 10.3 Å². The number of carbonyl (C=O) groups is 1. The molecule has 0 atom stereocenters. The maximum Gasteiger partial charge on any atom is 0.257 e. The lowest BCUT2D eigenvalue weighted by Crippen LogP contribution is -2.24. The standard InChI is InChI=1S/C13H12N2O2S2/c1-7-15-12-10(19-7)5-9(17-6-11(16)14-2)8-3-4-18-13(8)12/h3-5H,6H2,1-2H3,(H,14,16). The third kappa shape index (κ3) is 2.17. The van der Waals surface area contributed by atoms with Gasteiger partial charge in [0.05, 0.1) is 19.9 Å². The van der Waals surface area contributed by atoms with Gasteiger partial charge in [-0.05, 0) is 18.4 Å². The Balaban J connectivity index is 2.10. The number of aromatic nitrogens is 1. The first-order valence-electron chi connectivity index (χ1n) is 5.80. The Labute approximate surface area is 118 Å². The van der Waals surface area contributed by atoms with E-state index in [0.717, 1.165) is 31.1 Å². The van der Waals surface area contributed by atoms with Gasteiger partial charge < -0.3 is 10.1 Å². The molecule has 3 rings (SSSR count). The van der Waals surface area contributed by atoms with Gasteiger partial charge in [0.25, 0.3) is 5.91 Å². The third-order valence-corrected chi connectivity index (χ3v) is 4.64. The highest BCUT2D eigenvalue weighted by Crippen LogP contribution is 2.38. The number of thiazole rings is 1. The lowest BCUT2D eigenvalue weighted by Gasteiger charge is -2.06. The summed E-state index contributed by atoms with van der Waals surface area (Å²) in [7, 11) is 1.60. The van der Waals surface area contributed by atoms with E-state index >= 15 is 0 Å². The molecule has 0 radical (unpaired) electrons. The van der Waals surface area contributed by atoms with E-state index in [1.165, 1.54) is 0 Å². The van der Waals surface area contributed by atoms with Crippen LogP contribution in [0.15, 0.2) is 17.5 Å². The van der Waals surface area contributed by atoms with Gasteiger partial charge in [0.2, 0.25) is 0 Å². The minimum Gasteiger partial charge on any atom is -0.483 e. The van der Waals surface area contributed by atoms with Crippen LogP contribution >= 0.6 is 22.7 Å². The van der Waals surface area contributed by atoms with Crippen LogP contribution in [0.4, 0.5) is 0 Å². The van der Waals surface area contributed by atoms with Crippen LogP contribution in [-0.4, -0.2) is 24.5 Å². The second-order valence-electron chi connectivity index (χ2n) is 4.08. The molecular weight excluding hydrogens is 280 g/mol. The number of rotatable bonds is 3. The quantitative estimate of drug-likeness (QED) is 0.807. The summed E-state index contributed by atoms with van der Waals surface area (Å²) in [6.07, 6.45) is 0.